The Morgan fingerprint density at radius 1 is 0.867 bits per heavy atom. The highest BCUT2D eigenvalue weighted by Crippen LogP contribution is 2.20. The number of carbonyl (C=O) groups is 2. The van der Waals surface area contributed by atoms with E-state index in [0.29, 0.717) is 16.9 Å². The third-order valence-corrected chi connectivity index (χ3v) is 4.82. The van der Waals surface area contributed by atoms with Crippen LogP contribution < -0.4 is 4.74 Å². The molecule has 0 aliphatic heterocycles. The normalized spacial score (nSPS) is 10.6. The van der Waals surface area contributed by atoms with Gasteiger partial charge in [0.25, 0.3) is 0 Å². The van der Waals surface area contributed by atoms with E-state index in [1.165, 1.54) is 11.0 Å². The molecule has 0 fully saturated rings. The van der Waals surface area contributed by atoms with Crippen molar-refractivity contribution in [2.45, 2.75) is 13.8 Å². The number of nitrogens with zero attached hydrogens (tertiary/aromatic N) is 4. The maximum absolute atomic E-state index is 13.0. The molecule has 0 atom stereocenters. The minimum absolute atomic E-state index is 0.213. The monoisotopic (exact) mass is 398 g/mol. The molecule has 30 heavy (non-hydrogen) atoms. The Bertz CT molecular complexity index is 1220. The summed E-state index contributed by atoms with van der Waals surface area (Å²) in [4.78, 5) is 25.8. The number of esters is 1. The number of carbonyl (C=O) groups excluding carboxylic acids is 2. The van der Waals surface area contributed by atoms with E-state index in [2.05, 4.69) is 15.5 Å². The first-order chi connectivity index (χ1) is 14.5. The van der Waals surface area contributed by atoms with E-state index in [1.807, 2.05) is 26.0 Å². The number of hydrogen-bond acceptors (Lipinski definition) is 6. The Labute approximate surface area is 172 Å². The summed E-state index contributed by atoms with van der Waals surface area (Å²) in [6.07, 6.45) is 1.47. The molecule has 4 rings (SSSR count). The third kappa shape index (κ3) is 3.86. The molecule has 0 saturated heterocycles. The van der Waals surface area contributed by atoms with Crippen LogP contribution in [-0.2, 0) is 0 Å². The van der Waals surface area contributed by atoms with Crippen molar-refractivity contribution >= 4 is 11.8 Å². The topological polar surface area (TPSA) is 87.0 Å². The molecule has 0 aliphatic rings. The predicted octanol–water partition coefficient (Wildman–Crippen LogP) is 3.73. The highest BCUT2D eigenvalue weighted by molar-refractivity contribution is 6.14. The largest absolute Gasteiger partial charge is 0.423 e. The number of hydrogen-bond donors (Lipinski definition) is 0. The summed E-state index contributed by atoms with van der Waals surface area (Å²) >= 11 is 0. The van der Waals surface area contributed by atoms with Crippen molar-refractivity contribution in [3.05, 3.63) is 101 Å². The second kappa shape index (κ2) is 8.08. The van der Waals surface area contributed by atoms with Crippen LogP contribution in [0, 0.1) is 13.8 Å². The van der Waals surface area contributed by atoms with E-state index in [9.17, 15) is 9.59 Å². The molecule has 0 radical (unpaired) electrons. The van der Waals surface area contributed by atoms with Crippen LogP contribution in [0.5, 0.6) is 5.75 Å². The van der Waals surface area contributed by atoms with Crippen LogP contribution in [0.25, 0.3) is 5.69 Å². The van der Waals surface area contributed by atoms with Gasteiger partial charge in [-0.05, 0) is 71.8 Å². The number of rotatable bonds is 5. The van der Waals surface area contributed by atoms with Gasteiger partial charge >= 0.3 is 5.97 Å². The molecule has 0 unspecified atom stereocenters. The van der Waals surface area contributed by atoms with Gasteiger partial charge in [-0.15, -0.1) is 5.10 Å². The zero-order chi connectivity index (χ0) is 21.1. The average Bonchev–Trinajstić information content (AvgIpc) is 3.30. The van der Waals surface area contributed by atoms with Gasteiger partial charge in [0.05, 0.1) is 11.3 Å². The van der Waals surface area contributed by atoms with Gasteiger partial charge in [-0.1, -0.05) is 30.3 Å². The molecule has 3 aromatic carbocycles. The number of benzene rings is 3. The lowest BCUT2D eigenvalue weighted by Gasteiger charge is -2.10. The lowest BCUT2D eigenvalue weighted by molar-refractivity contribution is 0.0730. The summed E-state index contributed by atoms with van der Waals surface area (Å²) in [5, 5.41) is 11.0. The first kappa shape index (κ1) is 19.2. The SMILES string of the molecule is Cc1ccc(C(=O)c2ccccc2C(=O)Oc2ccc(-n3cnnn3)cc2)cc1C. The van der Waals surface area contributed by atoms with E-state index < -0.39 is 5.97 Å². The van der Waals surface area contributed by atoms with Crippen LogP contribution in [0.15, 0.2) is 73.1 Å². The van der Waals surface area contributed by atoms with Gasteiger partial charge in [0.2, 0.25) is 0 Å². The Kier molecular flexibility index (Phi) is 5.17. The summed E-state index contributed by atoms with van der Waals surface area (Å²) < 4.78 is 6.98. The zero-order valence-electron chi connectivity index (χ0n) is 16.4. The number of aromatic nitrogens is 4. The van der Waals surface area contributed by atoms with Crippen molar-refractivity contribution in [3.8, 4) is 11.4 Å². The molecule has 0 bridgehead atoms. The molecule has 1 aromatic heterocycles. The highest BCUT2D eigenvalue weighted by atomic mass is 16.5. The second-order valence-corrected chi connectivity index (χ2v) is 6.81. The Hall–Kier alpha value is -4.13. The van der Waals surface area contributed by atoms with Gasteiger partial charge in [0, 0.05) is 11.1 Å². The molecule has 0 amide bonds. The summed E-state index contributed by atoms with van der Waals surface area (Å²) in [7, 11) is 0. The maximum atomic E-state index is 13.0. The first-order valence-corrected chi connectivity index (χ1v) is 9.29. The molecule has 7 nitrogen and oxygen atoms in total. The van der Waals surface area contributed by atoms with Crippen molar-refractivity contribution < 1.29 is 14.3 Å². The van der Waals surface area contributed by atoms with Crippen molar-refractivity contribution in [2.24, 2.45) is 0 Å². The summed E-state index contributed by atoms with van der Waals surface area (Å²) in [6.45, 7) is 3.94. The summed E-state index contributed by atoms with van der Waals surface area (Å²) in [6, 6.07) is 18.9. The van der Waals surface area contributed by atoms with Crippen molar-refractivity contribution in [3.63, 3.8) is 0 Å². The molecule has 0 saturated carbocycles. The van der Waals surface area contributed by atoms with Gasteiger partial charge in [-0.25, -0.2) is 9.48 Å². The Balaban J connectivity index is 1.58. The molecule has 148 valence electrons. The van der Waals surface area contributed by atoms with E-state index in [1.54, 1.807) is 54.6 Å². The molecule has 0 aliphatic carbocycles. The van der Waals surface area contributed by atoms with E-state index in [4.69, 9.17) is 4.74 Å². The Morgan fingerprint density at radius 3 is 2.27 bits per heavy atom. The predicted molar refractivity (Wildman–Crippen MR) is 110 cm³/mol. The van der Waals surface area contributed by atoms with Crippen LogP contribution in [0.2, 0.25) is 0 Å². The maximum Gasteiger partial charge on any atom is 0.344 e. The van der Waals surface area contributed by atoms with E-state index in [0.717, 1.165) is 16.8 Å². The smallest absolute Gasteiger partial charge is 0.344 e. The molecular weight excluding hydrogens is 380 g/mol. The fraction of sp³-hybridized carbons (Fsp3) is 0.0870. The summed E-state index contributed by atoms with van der Waals surface area (Å²) in [5.74, 6) is -0.470. The molecular formula is C23H18N4O3. The molecule has 0 spiro atoms. The lowest BCUT2D eigenvalue weighted by Crippen LogP contribution is -2.15. The van der Waals surface area contributed by atoms with Gasteiger partial charge < -0.3 is 4.74 Å². The Morgan fingerprint density at radius 2 is 1.60 bits per heavy atom. The van der Waals surface area contributed by atoms with Gasteiger partial charge in [-0.2, -0.15) is 0 Å². The number of ether oxygens (including phenoxy) is 1. The average molecular weight is 398 g/mol. The van der Waals surface area contributed by atoms with Crippen LogP contribution >= 0.6 is 0 Å². The lowest BCUT2D eigenvalue weighted by atomic mass is 9.96. The second-order valence-electron chi connectivity index (χ2n) is 6.81. The van der Waals surface area contributed by atoms with Gasteiger partial charge in [-0.3, -0.25) is 4.79 Å². The van der Waals surface area contributed by atoms with Crippen molar-refractivity contribution in [1.82, 2.24) is 20.2 Å². The fourth-order valence-electron chi connectivity index (χ4n) is 3.01. The minimum Gasteiger partial charge on any atom is -0.423 e. The van der Waals surface area contributed by atoms with E-state index >= 15 is 0 Å². The zero-order valence-corrected chi connectivity index (χ0v) is 16.4. The van der Waals surface area contributed by atoms with Crippen LogP contribution in [0.1, 0.15) is 37.4 Å². The van der Waals surface area contributed by atoms with Crippen molar-refractivity contribution in [2.75, 3.05) is 0 Å². The van der Waals surface area contributed by atoms with Crippen LogP contribution in [0.3, 0.4) is 0 Å². The van der Waals surface area contributed by atoms with Gasteiger partial charge in [0.1, 0.15) is 12.1 Å². The van der Waals surface area contributed by atoms with Crippen LogP contribution in [0.4, 0.5) is 0 Å². The molecule has 7 heteroatoms. The molecule has 1 heterocycles. The van der Waals surface area contributed by atoms with Crippen molar-refractivity contribution in [1.29, 1.82) is 0 Å². The summed E-state index contributed by atoms with van der Waals surface area (Å²) in [5.41, 5.74) is 3.89. The van der Waals surface area contributed by atoms with Gasteiger partial charge in [0.15, 0.2) is 5.78 Å². The first-order valence-electron chi connectivity index (χ1n) is 9.29. The standard InChI is InChI=1S/C23H18N4O3/c1-15-7-8-17(13-16(15)2)22(28)20-5-3-4-6-21(20)23(29)30-19-11-9-18(10-12-19)27-14-24-25-26-27/h3-14H,1-2H3. The molecule has 0 N–H and O–H groups in total. The van der Waals surface area contributed by atoms with E-state index in [-0.39, 0.29) is 11.3 Å². The highest BCUT2D eigenvalue weighted by Gasteiger charge is 2.20. The number of tetrazole rings is 1. The van der Waals surface area contributed by atoms with Crippen LogP contribution in [-0.4, -0.2) is 32.0 Å². The minimum atomic E-state index is -0.599. The fourth-order valence-corrected chi connectivity index (χ4v) is 3.01. The molecule has 4 aromatic rings. The number of aryl methyl sites for hydroxylation is 2. The number of ketones is 1. The third-order valence-electron chi connectivity index (χ3n) is 4.82. The quantitative estimate of drug-likeness (QED) is 0.289.